The van der Waals surface area contributed by atoms with Crippen LogP contribution < -0.4 is 0 Å². The number of aliphatic hydroxyl groups excluding tert-OH is 1. The average Bonchev–Trinajstić information content (AvgIpc) is 2.36. The lowest BCUT2D eigenvalue weighted by Gasteiger charge is -2.37. The highest BCUT2D eigenvalue weighted by Crippen LogP contribution is 2.27. The van der Waals surface area contributed by atoms with Crippen LogP contribution in [0.4, 0.5) is 0 Å². The first-order valence-corrected chi connectivity index (χ1v) is 6.56. The van der Waals surface area contributed by atoms with Gasteiger partial charge in [0, 0.05) is 12.6 Å². The monoisotopic (exact) mass is 257 g/mol. The van der Waals surface area contributed by atoms with E-state index in [1.54, 1.807) is 4.90 Å². The molecule has 0 aromatic rings. The van der Waals surface area contributed by atoms with Crippen LogP contribution in [-0.4, -0.2) is 46.2 Å². The van der Waals surface area contributed by atoms with Crippen LogP contribution in [-0.2, 0) is 9.59 Å². The number of hydrogen-bond acceptors (Lipinski definition) is 3. The van der Waals surface area contributed by atoms with Crippen molar-refractivity contribution in [2.75, 3.05) is 13.2 Å². The minimum absolute atomic E-state index is 0.0806. The van der Waals surface area contributed by atoms with Crippen LogP contribution in [0.1, 0.15) is 46.0 Å². The standard InChI is InChI=1S/C13H23NO4/c1-13(2,12(17)18)11(16)14(8-9-15)10-6-4-3-5-7-10/h10,15H,3-9H2,1-2H3,(H,17,18). The van der Waals surface area contributed by atoms with Crippen LogP contribution in [0.25, 0.3) is 0 Å². The molecule has 2 N–H and O–H groups in total. The number of rotatable bonds is 5. The molecule has 1 fully saturated rings. The van der Waals surface area contributed by atoms with E-state index in [2.05, 4.69) is 0 Å². The van der Waals surface area contributed by atoms with Gasteiger partial charge in [-0.25, -0.2) is 0 Å². The Hall–Kier alpha value is -1.10. The van der Waals surface area contributed by atoms with Crippen LogP contribution in [0.2, 0.25) is 0 Å². The molecule has 5 nitrogen and oxygen atoms in total. The second-order valence-electron chi connectivity index (χ2n) is 5.44. The van der Waals surface area contributed by atoms with E-state index in [1.165, 1.54) is 20.3 Å². The zero-order chi connectivity index (χ0) is 13.8. The highest BCUT2D eigenvalue weighted by molar-refractivity contribution is 6.01. The van der Waals surface area contributed by atoms with Crippen LogP contribution in [0.5, 0.6) is 0 Å². The number of aliphatic carboxylic acids is 1. The Balaban J connectivity index is 2.83. The Bertz CT molecular complexity index is 308. The Kier molecular flexibility index (Phi) is 5.14. The van der Waals surface area contributed by atoms with Crippen molar-refractivity contribution in [1.29, 1.82) is 0 Å². The quantitative estimate of drug-likeness (QED) is 0.727. The Labute approximate surface area is 108 Å². The van der Waals surface area contributed by atoms with Crippen molar-refractivity contribution in [1.82, 2.24) is 4.90 Å². The molecule has 1 rings (SSSR count). The molecule has 0 aromatic heterocycles. The molecule has 104 valence electrons. The summed E-state index contributed by atoms with van der Waals surface area (Å²) in [6.07, 6.45) is 5.10. The number of carbonyl (C=O) groups is 2. The van der Waals surface area contributed by atoms with Gasteiger partial charge in [0.25, 0.3) is 0 Å². The van der Waals surface area contributed by atoms with Gasteiger partial charge in [-0.05, 0) is 26.7 Å². The van der Waals surface area contributed by atoms with Crippen LogP contribution in [0, 0.1) is 5.41 Å². The molecule has 0 aromatic carbocycles. The number of amides is 1. The van der Waals surface area contributed by atoms with E-state index >= 15 is 0 Å². The molecule has 0 saturated heterocycles. The van der Waals surface area contributed by atoms with Crippen molar-refractivity contribution in [3.05, 3.63) is 0 Å². The van der Waals surface area contributed by atoms with E-state index in [-0.39, 0.29) is 19.2 Å². The van der Waals surface area contributed by atoms with Gasteiger partial charge in [-0.2, -0.15) is 0 Å². The number of carbonyl (C=O) groups excluding carboxylic acids is 1. The van der Waals surface area contributed by atoms with Gasteiger partial charge in [-0.1, -0.05) is 19.3 Å². The molecule has 18 heavy (non-hydrogen) atoms. The molecule has 1 saturated carbocycles. The van der Waals surface area contributed by atoms with E-state index < -0.39 is 17.3 Å². The lowest BCUT2D eigenvalue weighted by molar-refractivity contribution is -0.160. The molecule has 0 spiro atoms. The number of carboxylic acid groups (broad SMARTS) is 1. The molecular weight excluding hydrogens is 234 g/mol. The molecule has 0 bridgehead atoms. The number of nitrogens with zero attached hydrogens (tertiary/aromatic N) is 1. The largest absolute Gasteiger partial charge is 0.480 e. The number of hydrogen-bond donors (Lipinski definition) is 2. The van der Waals surface area contributed by atoms with E-state index in [0.717, 1.165) is 25.7 Å². The molecule has 5 heteroatoms. The van der Waals surface area contributed by atoms with E-state index in [4.69, 9.17) is 10.2 Å². The highest BCUT2D eigenvalue weighted by atomic mass is 16.4. The molecular formula is C13H23NO4. The molecule has 0 radical (unpaired) electrons. The van der Waals surface area contributed by atoms with Crippen LogP contribution in [0.15, 0.2) is 0 Å². The predicted molar refractivity (Wildman–Crippen MR) is 67.1 cm³/mol. The maximum atomic E-state index is 12.3. The minimum Gasteiger partial charge on any atom is -0.480 e. The zero-order valence-electron chi connectivity index (χ0n) is 11.2. The van der Waals surface area contributed by atoms with Crippen molar-refractivity contribution in [3.8, 4) is 0 Å². The first-order chi connectivity index (χ1) is 8.41. The Morgan fingerprint density at radius 3 is 2.22 bits per heavy atom. The van der Waals surface area contributed by atoms with Crippen LogP contribution in [0.3, 0.4) is 0 Å². The number of carboxylic acids is 1. The van der Waals surface area contributed by atoms with E-state index in [0.29, 0.717) is 0 Å². The topological polar surface area (TPSA) is 77.8 Å². The summed E-state index contributed by atoms with van der Waals surface area (Å²) in [5.74, 6) is -1.51. The fourth-order valence-corrected chi connectivity index (χ4v) is 2.40. The molecule has 1 aliphatic carbocycles. The van der Waals surface area contributed by atoms with Crippen molar-refractivity contribution < 1.29 is 19.8 Å². The second kappa shape index (κ2) is 6.18. The molecule has 1 aliphatic rings. The third-order valence-electron chi connectivity index (χ3n) is 3.69. The van der Waals surface area contributed by atoms with Gasteiger partial charge in [-0.15, -0.1) is 0 Å². The summed E-state index contributed by atoms with van der Waals surface area (Å²) >= 11 is 0. The minimum atomic E-state index is -1.42. The molecule has 0 aliphatic heterocycles. The van der Waals surface area contributed by atoms with E-state index in [1.807, 2.05) is 0 Å². The van der Waals surface area contributed by atoms with Crippen LogP contribution >= 0.6 is 0 Å². The second-order valence-corrected chi connectivity index (χ2v) is 5.44. The number of aliphatic hydroxyl groups is 1. The molecule has 1 amide bonds. The summed E-state index contributed by atoms with van der Waals surface area (Å²) in [6, 6.07) is 0.0806. The van der Waals surface area contributed by atoms with Gasteiger partial charge in [-0.3, -0.25) is 9.59 Å². The van der Waals surface area contributed by atoms with Gasteiger partial charge < -0.3 is 15.1 Å². The van der Waals surface area contributed by atoms with Crippen molar-refractivity contribution in [3.63, 3.8) is 0 Å². The van der Waals surface area contributed by atoms with Crippen molar-refractivity contribution in [2.45, 2.75) is 52.0 Å². The van der Waals surface area contributed by atoms with Gasteiger partial charge in [0.1, 0.15) is 5.41 Å². The maximum Gasteiger partial charge on any atom is 0.318 e. The van der Waals surface area contributed by atoms with Crippen molar-refractivity contribution in [2.24, 2.45) is 5.41 Å². The van der Waals surface area contributed by atoms with Gasteiger partial charge in [0.15, 0.2) is 0 Å². The normalized spacial score (nSPS) is 17.5. The average molecular weight is 257 g/mol. The SMILES string of the molecule is CC(C)(C(=O)O)C(=O)N(CCO)C1CCCCC1. The lowest BCUT2D eigenvalue weighted by atomic mass is 9.88. The molecule has 0 atom stereocenters. The third kappa shape index (κ3) is 3.22. The van der Waals surface area contributed by atoms with Crippen molar-refractivity contribution >= 4 is 11.9 Å². The fraction of sp³-hybridized carbons (Fsp3) is 0.846. The van der Waals surface area contributed by atoms with Gasteiger partial charge >= 0.3 is 5.97 Å². The molecule has 0 heterocycles. The van der Waals surface area contributed by atoms with Gasteiger partial charge in [0.2, 0.25) is 5.91 Å². The third-order valence-corrected chi connectivity index (χ3v) is 3.69. The fourth-order valence-electron chi connectivity index (χ4n) is 2.40. The maximum absolute atomic E-state index is 12.3. The summed E-state index contributed by atoms with van der Waals surface area (Å²) in [6.45, 7) is 2.94. The summed E-state index contributed by atoms with van der Waals surface area (Å²) in [4.78, 5) is 25.0. The summed E-state index contributed by atoms with van der Waals surface area (Å²) in [5.41, 5.74) is -1.42. The first-order valence-electron chi connectivity index (χ1n) is 6.56. The smallest absolute Gasteiger partial charge is 0.318 e. The van der Waals surface area contributed by atoms with E-state index in [9.17, 15) is 9.59 Å². The summed E-state index contributed by atoms with van der Waals surface area (Å²) in [5, 5.41) is 18.2. The lowest BCUT2D eigenvalue weighted by Crippen LogP contribution is -2.51. The highest BCUT2D eigenvalue weighted by Gasteiger charge is 2.41. The zero-order valence-corrected chi connectivity index (χ0v) is 11.2. The van der Waals surface area contributed by atoms with Gasteiger partial charge in [0.05, 0.1) is 6.61 Å². The summed E-state index contributed by atoms with van der Waals surface area (Å²) < 4.78 is 0. The summed E-state index contributed by atoms with van der Waals surface area (Å²) in [7, 11) is 0. The first kappa shape index (κ1) is 15.0. The Morgan fingerprint density at radius 2 is 1.78 bits per heavy atom. The predicted octanol–water partition coefficient (Wildman–Crippen LogP) is 1.25. The molecule has 0 unspecified atom stereocenters. The Morgan fingerprint density at radius 1 is 1.22 bits per heavy atom.